The minimum Gasteiger partial charge on any atom is -0.497 e. The lowest BCUT2D eigenvalue weighted by Crippen LogP contribution is -2.40. The molecule has 3 rings (SSSR count). The van der Waals surface area contributed by atoms with E-state index in [1.807, 2.05) is 41.3 Å². The summed E-state index contributed by atoms with van der Waals surface area (Å²) in [6.45, 7) is 4.91. The number of pyridine rings is 1. The van der Waals surface area contributed by atoms with Crippen molar-refractivity contribution in [1.82, 2.24) is 20.1 Å². The van der Waals surface area contributed by atoms with Crippen LogP contribution in [0.5, 0.6) is 5.75 Å². The molecule has 3 aromatic rings. The van der Waals surface area contributed by atoms with Crippen LogP contribution >= 0.6 is 12.2 Å². The molecule has 2 N–H and O–H groups in total. The van der Waals surface area contributed by atoms with E-state index in [9.17, 15) is 4.79 Å². The summed E-state index contributed by atoms with van der Waals surface area (Å²) in [7, 11) is 5.78. The maximum absolute atomic E-state index is 12.8. The zero-order chi connectivity index (χ0) is 23.8. The Morgan fingerprint density at radius 1 is 1.06 bits per heavy atom. The summed E-state index contributed by atoms with van der Waals surface area (Å²) in [6, 6.07) is 16.1. The third kappa shape index (κ3) is 7.04. The first-order chi connectivity index (χ1) is 15.9. The smallest absolute Gasteiger partial charge is 0.253 e. The molecule has 0 radical (unpaired) electrons. The zero-order valence-corrected chi connectivity index (χ0v) is 20.8. The van der Waals surface area contributed by atoms with Gasteiger partial charge in [-0.15, -0.1) is 0 Å². The number of nitrogens with zero attached hydrogens (tertiary/aromatic N) is 2. The fourth-order valence-corrected chi connectivity index (χ4v) is 3.93. The van der Waals surface area contributed by atoms with Crippen molar-refractivity contribution in [2.24, 2.45) is 0 Å². The number of rotatable bonds is 10. The minimum atomic E-state index is -0.0816. The first kappa shape index (κ1) is 24.7. The second kappa shape index (κ2) is 11.8. The summed E-state index contributed by atoms with van der Waals surface area (Å²) >= 11 is 5.74. The third-order valence-electron chi connectivity index (χ3n) is 5.63. The van der Waals surface area contributed by atoms with E-state index in [4.69, 9.17) is 17.0 Å². The highest BCUT2D eigenvalue weighted by Gasteiger charge is 2.14. The number of aryl methyl sites for hydroxylation is 1. The van der Waals surface area contributed by atoms with Gasteiger partial charge in [-0.2, -0.15) is 0 Å². The van der Waals surface area contributed by atoms with Gasteiger partial charge in [-0.3, -0.25) is 4.79 Å². The fraction of sp³-hybridized carbons (Fsp3) is 0.385. The van der Waals surface area contributed by atoms with Crippen LogP contribution in [0.3, 0.4) is 0 Å². The topological polar surface area (TPSA) is 60.6 Å². The van der Waals surface area contributed by atoms with Crippen LogP contribution in [0.25, 0.3) is 10.9 Å². The Morgan fingerprint density at radius 2 is 1.79 bits per heavy atom. The van der Waals surface area contributed by atoms with Crippen molar-refractivity contribution >= 4 is 28.2 Å². The summed E-state index contributed by atoms with van der Waals surface area (Å²) in [5, 5.41) is 5.05. The highest BCUT2D eigenvalue weighted by Crippen LogP contribution is 2.17. The van der Waals surface area contributed by atoms with Crippen molar-refractivity contribution in [3.63, 3.8) is 0 Å². The minimum absolute atomic E-state index is 0.0816. The van der Waals surface area contributed by atoms with E-state index in [1.54, 1.807) is 7.11 Å². The van der Waals surface area contributed by atoms with Gasteiger partial charge in [-0.05, 0) is 92.5 Å². The molecule has 0 saturated heterocycles. The molecule has 0 aliphatic rings. The van der Waals surface area contributed by atoms with Crippen LogP contribution in [0.4, 0.5) is 0 Å². The van der Waals surface area contributed by atoms with Gasteiger partial charge >= 0.3 is 0 Å². The summed E-state index contributed by atoms with van der Waals surface area (Å²) in [5.74, 6) is 0.812. The molecule has 0 amide bonds. The van der Waals surface area contributed by atoms with Crippen LogP contribution in [-0.4, -0.2) is 54.2 Å². The lowest BCUT2D eigenvalue weighted by atomic mass is 10.1. The van der Waals surface area contributed by atoms with Gasteiger partial charge in [-0.25, -0.2) is 0 Å². The Labute approximate surface area is 201 Å². The fourth-order valence-electron chi connectivity index (χ4n) is 3.70. The molecule has 0 spiro atoms. The first-order valence-corrected chi connectivity index (χ1v) is 11.8. The number of fused-ring (bicyclic) bond motifs is 1. The van der Waals surface area contributed by atoms with Crippen molar-refractivity contribution in [3.8, 4) is 5.75 Å². The summed E-state index contributed by atoms with van der Waals surface area (Å²) < 4.78 is 5.28. The Hall–Kier alpha value is -2.90. The van der Waals surface area contributed by atoms with Gasteiger partial charge < -0.3 is 24.8 Å². The lowest BCUT2D eigenvalue weighted by Gasteiger charge is -2.26. The van der Waals surface area contributed by atoms with Gasteiger partial charge in [0, 0.05) is 24.2 Å². The second-order valence-electron chi connectivity index (χ2n) is 8.49. The van der Waals surface area contributed by atoms with E-state index >= 15 is 0 Å². The maximum Gasteiger partial charge on any atom is 0.253 e. The maximum atomic E-state index is 12.8. The summed E-state index contributed by atoms with van der Waals surface area (Å²) in [5.41, 5.74) is 3.81. The number of thiocarbonyl (C=S) groups is 1. The summed E-state index contributed by atoms with van der Waals surface area (Å²) in [4.78, 5) is 20.1. The van der Waals surface area contributed by atoms with E-state index < -0.39 is 0 Å². The molecule has 0 aliphatic heterocycles. The van der Waals surface area contributed by atoms with Gasteiger partial charge in [-0.1, -0.05) is 25.1 Å². The average Bonchev–Trinajstić information content (AvgIpc) is 2.81. The van der Waals surface area contributed by atoms with Crippen LogP contribution < -0.4 is 15.6 Å². The second-order valence-corrected chi connectivity index (χ2v) is 8.88. The molecule has 6 nitrogen and oxygen atoms in total. The first-order valence-electron chi connectivity index (χ1n) is 11.3. The van der Waals surface area contributed by atoms with Crippen molar-refractivity contribution in [2.45, 2.75) is 32.9 Å². The molecule has 0 atom stereocenters. The van der Waals surface area contributed by atoms with E-state index in [-0.39, 0.29) is 5.56 Å². The number of H-pyrrole nitrogens is 1. The molecule has 0 bridgehead atoms. The number of aromatic nitrogens is 1. The zero-order valence-electron chi connectivity index (χ0n) is 20.0. The Bertz CT molecular complexity index is 1130. The van der Waals surface area contributed by atoms with Gasteiger partial charge in [0.1, 0.15) is 5.75 Å². The number of ether oxygens (including phenoxy) is 1. The van der Waals surface area contributed by atoms with E-state index in [0.717, 1.165) is 48.1 Å². The molecule has 176 valence electrons. The molecule has 0 aliphatic carbocycles. The number of nitrogens with one attached hydrogen (secondary N) is 2. The molecular weight excluding hydrogens is 432 g/mol. The van der Waals surface area contributed by atoms with Gasteiger partial charge in [0.2, 0.25) is 0 Å². The molecular formula is C26H34N4O2S. The molecule has 7 heteroatoms. The molecule has 0 fully saturated rings. The van der Waals surface area contributed by atoms with Crippen LogP contribution in [0.1, 0.15) is 30.0 Å². The molecule has 0 unspecified atom stereocenters. The highest BCUT2D eigenvalue weighted by molar-refractivity contribution is 7.80. The van der Waals surface area contributed by atoms with E-state index in [2.05, 4.69) is 48.4 Å². The third-order valence-corrected chi connectivity index (χ3v) is 6.04. The quantitative estimate of drug-likeness (QED) is 0.349. The van der Waals surface area contributed by atoms with Crippen molar-refractivity contribution in [2.75, 3.05) is 34.3 Å². The highest BCUT2D eigenvalue weighted by atomic mass is 32.1. The van der Waals surface area contributed by atoms with Crippen LogP contribution in [0.2, 0.25) is 0 Å². The molecule has 33 heavy (non-hydrogen) atoms. The Kier molecular flexibility index (Phi) is 8.86. The standard InChI is InChI=1S/C26H34N4O2S/c1-5-19-9-12-24-21(15-19)16-22(25(31)28-24)18-30(26(33)27-13-6-14-29(2)3)17-20-7-10-23(32-4)11-8-20/h7-12,15-16H,5-6,13-14,17-18H2,1-4H3,(H,27,33)(H,28,31). The molecule has 1 aromatic heterocycles. The predicted octanol–water partition coefficient (Wildman–Crippen LogP) is 3.93. The van der Waals surface area contributed by atoms with Crippen LogP contribution in [0.15, 0.2) is 53.3 Å². The molecule has 0 saturated carbocycles. The summed E-state index contributed by atoms with van der Waals surface area (Å²) in [6.07, 6.45) is 1.94. The van der Waals surface area contributed by atoms with E-state index in [1.165, 1.54) is 5.56 Å². The lowest BCUT2D eigenvalue weighted by molar-refractivity contribution is 0.383. The van der Waals surface area contributed by atoms with Crippen LogP contribution in [-0.2, 0) is 19.5 Å². The Morgan fingerprint density at radius 3 is 2.45 bits per heavy atom. The number of hydrogen-bond donors (Lipinski definition) is 2. The molecule has 1 heterocycles. The van der Waals surface area contributed by atoms with Crippen LogP contribution in [0, 0.1) is 0 Å². The molecule has 2 aromatic carbocycles. The predicted molar refractivity (Wildman–Crippen MR) is 140 cm³/mol. The number of methoxy groups -OCH3 is 1. The number of benzene rings is 2. The largest absolute Gasteiger partial charge is 0.497 e. The SMILES string of the molecule is CCc1ccc2[nH]c(=O)c(CN(Cc3ccc(OC)cc3)C(=S)NCCCN(C)C)cc2c1. The van der Waals surface area contributed by atoms with Gasteiger partial charge in [0.25, 0.3) is 5.56 Å². The monoisotopic (exact) mass is 466 g/mol. The van der Waals surface area contributed by atoms with Crippen molar-refractivity contribution in [3.05, 3.63) is 75.6 Å². The van der Waals surface area contributed by atoms with Gasteiger partial charge in [0.15, 0.2) is 5.11 Å². The van der Waals surface area contributed by atoms with E-state index in [0.29, 0.717) is 23.8 Å². The van der Waals surface area contributed by atoms with Crippen molar-refractivity contribution in [1.29, 1.82) is 0 Å². The number of hydrogen-bond acceptors (Lipinski definition) is 4. The van der Waals surface area contributed by atoms with Gasteiger partial charge in [0.05, 0.1) is 13.7 Å². The average molecular weight is 467 g/mol. The Balaban J connectivity index is 1.83. The number of aromatic amines is 1. The van der Waals surface area contributed by atoms with Crippen molar-refractivity contribution < 1.29 is 4.74 Å². The normalized spacial score (nSPS) is 11.1.